The molecule has 1 aromatic heterocycles. The molecule has 1 atom stereocenters. The first-order chi connectivity index (χ1) is 6.24. The van der Waals surface area contributed by atoms with Crippen molar-refractivity contribution in [1.82, 2.24) is 5.32 Å². The topological polar surface area (TPSA) is 66.4 Å². The summed E-state index contributed by atoms with van der Waals surface area (Å²) in [6.45, 7) is 0. The van der Waals surface area contributed by atoms with Crippen LogP contribution in [-0.4, -0.2) is 17.5 Å². The number of carboxylic acids is 1. The molecular formula is C8H9NO3S. The van der Waals surface area contributed by atoms with E-state index in [1.165, 1.54) is 11.3 Å². The Morgan fingerprint density at radius 3 is 3.00 bits per heavy atom. The minimum Gasteiger partial charge on any atom is -0.481 e. The van der Waals surface area contributed by atoms with Crippen LogP contribution in [0.15, 0.2) is 16.8 Å². The van der Waals surface area contributed by atoms with Crippen molar-refractivity contribution in [3.8, 4) is 0 Å². The van der Waals surface area contributed by atoms with E-state index in [-0.39, 0.29) is 6.42 Å². The van der Waals surface area contributed by atoms with Gasteiger partial charge in [-0.2, -0.15) is 11.3 Å². The number of amides is 1. The summed E-state index contributed by atoms with van der Waals surface area (Å²) in [6, 6.07) is 1.38. The lowest BCUT2D eigenvalue weighted by molar-refractivity contribution is -0.137. The summed E-state index contributed by atoms with van der Waals surface area (Å²) < 4.78 is 0. The highest BCUT2D eigenvalue weighted by Crippen LogP contribution is 2.18. The van der Waals surface area contributed by atoms with Crippen molar-refractivity contribution in [3.05, 3.63) is 22.4 Å². The molecule has 1 amide bonds. The molecule has 2 N–H and O–H groups in total. The third-order valence-electron chi connectivity index (χ3n) is 1.59. The van der Waals surface area contributed by atoms with Gasteiger partial charge in [0.2, 0.25) is 6.41 Å². The summed E-state index contributed by atoms with van der Waals surface area (Å²) in [5, 5.41) is 14.7. The average Bonchev–Trinajstić information content (AvgIpc) is 2.54. The van der Waals surface area contributed by atoms with Crippen LogP contribution in [0.1, 0.15) is 18.0 Å². The van der Waals surface area contributed by atoms with E-state index in [9.17, 15) is 9.59 Å². The lowest BCUT2D eigenvalue weighted by Crippen LogP contribution is -2.21. The van der Waals surface area contributed by atoms with Gasteiger partial charge in [0.1, 0.15) is 0 Å². The van der Waals surface area contributed by atoms with Gasteiger partial charge in [-0.3, -0.25) is 9.59 Å². The lowest BCUT2D eigenvalue weighted by atomic mass is 10.1. The van der Waals surface area contributed by atoms with Gasteiger partial charge in [-0.1, -0.05) is 0 Å². The van der Waals surface area contributed by atoms with E-state index in [4.69, 9.17) is 5.11 Å². The SMILES string of the molecule is O=CN[C@@H](CC(=O)O)c1ccsc1. The molecule has 1 heterocycles. The maximum Gasteiger partial charge on any atom is 0.305 e. The highest BCUT2D eigenvalue weighted by Gasteiger charge is 2.14. The van der Waals surface area contributed by atoms with Crippen LogP contribution in [0, 0.1) is 0 Å². The zero-order valence-corrected chi connectivity index (χ0v) is 7.58. The normalized spacial score (nSPS) is 12.0. The Labute approximate surface area is 79.2 Å². The minimum absolute atomic E-state index is 0.0878. The molecule has 13 heavy (non-hydrogen) atoms. The van der Waals surface area contributed by atoms with E-state index < -0.39 is 12.0 Å². The van der Waals surface area contributed by atoms with Crippen LogP contribution >= 0.6 is 11.3 Å². The van der Waals surface area contributed by atoms with Crippen LogP contribution in [0.25, 0.3) is 0 Å². The van der Waals surface area contributed by atoms with Gasteiger partial charge in [0.05, 0.1) is 12.5 Å². The number of carboxylic acid groups (broad SMARTS) is 1. The molecule has 0 aliphatic carbocycles. The summed E-state index contributed by atoms with van der Waals surface area (Å²) in [7, 11) is 0. The Morgan fingerprint density at radius 2 is 2.54 bits per heavy atom. The fraction of sp³-hybridized carbons (Fsp3) is 0.250. The molecule has 1 aromatic rings. The monoisotopic (exact) mass is 199 g/mol. The second-order valence-corrected chi connectivity index (χ2v) is 3.27. The molecule has 70 valence electrons. The zero-order valence-electron chi connectivity index (χ0n) is 6.77. The predicted octanol–water partition coefficient (Wildman–Crippen LogP) is 1.01. The summed E-state index contributed by atoms with van der Waals surface area (Å²) >= 11 is 1.47. The number of hydrogen-bond acceptors (Lipinski definition) is 3. The Kier molecular flexibility index (Phi) is 3.45. The van der Waals surface area contributed by atoms with Crippen LogP contribution in [0.2, 0.25) is 0 Å². The second-order valence-electron chi connectivity index (χ2n) is 2.49. The van der Waals surface area contributed by atoms with Crippen LogP contribution in [0.5, 0.6) is 0 Å². The van der Waals surface area contributed by atoms with Crippen LogP contribution in [0.3, 0.4) is 0 Å². The fourth-order valence-electron chi connectivity index (χ4n) is 1.00. The smallest absolute Gasteiger partial charge is 0.305 e. The van der Waals surface area contributed by atoms with E-state index in [0.29, 0.717) is 6.41 Å². The molecule has 4 nitrogen and oxygen atoms in total. The van der Waals surface area contributed by atoms with Gasteiger partial charge in [-0.05, 0) is 22.4 Å². The molecule has 0 unspecified atom stereocenters. The molecule has 5 heteroatoms. The zero-order chi connectivity index (χ0) is 9.68. The molecular weight excluding hydrogens is 190 g/mol. The Hall–Kier alpha value is -1.36. The average molecular weight is 199 g/mol. The molecule has 1 rings (SSSR count). The largest absolute Gasteiger partial charge is 0.481 e. The van der Waals surface area contributed by atoms with E-state index in [1.807, 2.05) is 10.8 Å². The third kappa shape index (κ3) is 2.87. The number of aliphatic carboxylic acids is 1. The van der Waals surface area contributed by atoms with Gasteiger partial charge in [0.15, 0.2) is 0 Å². The highest BCUT2D eigenvalue weighted by molar-refractivity contribution is 7.07. The van der Waals surface area contributed by atoms with Crippen LogP contribution < -0.4 is 5.32 Å². The Bertz CT molecular complexity index is 284. The van der Waals surface area contributed by atoms with Crippen molar-refractivity contribution in [3.63, 3.8) is 0 Å². The number of carbonyl (C=O) groups excluding carboxylic acids is 1. The second kappa shape index (κ2) is 4.61. The lowest BCUT2D eigenvalue weighted by Gasteiger charge is -2.11. The fourth-order valence-corrected chi connectivity index (χ4v) is 1.72. The van der Waals surface area contributed by atoms with Crippen molar-refractivity contribution in [1.29, 1.82) is 0 Å². The molecule has 0 aliphatic heterocycles. The molecule has 0 aromatic carbocycles. The quantitative estimate of drug-likeness (QED) is 0.695. The Balaban J connectivity index is 2.67. The summed E-state index contributed by atoms with van der Waals surface area (Å²) in [5.41, 5.74) is 0.833. The molecule has 0 saturated carbocycles. The van der Waals surface area contributed by atoms with Gasteiger partial charge in [-0.15, -0.1) is 0 Å². The van der Waals surface area contributed by atoms with Crippen LogP contribution in [0.4, 0.5) is 0 Å². The van der Waals surface area contributed by atoms with E-state index in [1.54, 1.807) is 6.07 Å². The molecule has 0 fully saturated rings. The summed E-state index contributed by atoms with van der Waals surface area (Å²) in [4.78, 5) is 20.6. The van der Waals surface area contributed by atoms with Crippen molar-refractivity contribution in [2.45, 2.75) is 12.5 Å². The Morgan fingerprint density at radius 1 is 1.77 bits per heavy atom. The summed E-state index contributed by atoms with van der Waals surface area (Å²) in [6.07, 6.45) is 0.431. The predicted molar refractivity (Wildman–Crippen MR) is 48.5 cm³/mol. The summed E-state index contributed by atoms with van der Waals surface area (Å²) in [5.74, 6) is -0.925. The van der Waals surface area contributed by atoms with Gasteiger partial charge in [0, 0.05) is 0 Å². The molecule has 0 bridgehead atoms. The molecule has 0 radical (unpaired) electrons. The molecule has 0 saturated heterocycles. The van der Waals surface area contributed by atoms with Crippen molar-refractivity contribution < 1.29 is 14.7 Å². The number of rotatable bonds is 5. The van der Waals surface area contributed by atoms with Gasteiger partial charge < -0.3 is 10.4 Å². The van der Waals surface area contributed by atoms with Gasteiger partial charge in [0.25, 0.3) is 0 Å². The van der Waals surface area contributed by atoms with Crippen molar-refractivity contribution in [2.75, 3.05) is 0 Å². The molecule has 0 spiro atoms. The number of hydrogen-bond donors (Lipinski definition) is 2. The van der Waals surface area contributed by atoms with Crippen molar-refractivity contribution in [2.24, 2.45) is 0 Å². The standard InChI is InChI=1S/C8H9NO3S/c10-5-9-7(3-8(11)12)6-1-2-13-4-6/h1-2,4-5,7H,3H2,(H,9,10)(H,11,12)/t7-/m0/s1. The van der Waals surface area contributed by atoms with E-state index in [2.05, 4.69) is 5.32 Å². The van der Waals surface area contributed by atoms with Crippen LogP contribution in [-0.2, 0) is 9.59 Å². The van der Waals surface area contributed by atoms with Crippen molar-refractivity contribution >= 4 is 23.7 Å². The van der Waals surface area contributed by atoms with E-state index in [0.717, 1.165) is 5.56 Å². The minimum atomic E-state index is -0.925. The first-order valence-corrected chi connectivity index (χ1v) is 4.62. The number of carbonyl (C=O) groups is 2. The van der Waals surface area contributed by atoms with Gasteiger partial charge >= 0.3 is 5.97 Å². The number of nitrogens with one attached hydrogen (secondary N) is 1. The third-order valence-corrected chi connectivity index (χ3v) is 2.29. The number of thiophene rings is 1. The maximum absolute atomic E-state index is 10.4. The first kappa shape index (κ1) is 9.73. The highest BCUT2D eigenvalue weighted by atomic mass is 32.1. The first-order valence-electron chi connectivity index (χ1n) is 3.67. The maximum atomic E-state index is 10.4. The molecule has 0 aliphatic rings. The van der Waals surface area contributed by atoms with E-state index >= 15 is 0 Å². The van der Waals surface area contributed by atoms with Gasteiger partial charge in [-0.25, -0.2) is 0 Å².